The van der Waals surface area contributed by atoms with Crippen LogP contribution in [0.2, 0.25) is 5.28 Å². The first-order chi connectivity index (χ1) is 9.72. The highest BCUT2D eigenvalue weighted by molar-refractivity contribution is 6.28. The fourth-order valence-corrected chi connectivity index (χ4v) is 2.89. The molecular weight excluding hydrogens is 278 g/mol. The van der Waals surface area contributed by atoms with Crippen LogP contribution in [0.1, 0.15) is 25.7 Å². The molecule has 1 atom stereocenters. The average molecular weight is 298 g/mol. The lowest BCUT2D eigenvalue weighted by Gasteiger charge is -2.22. The Bertz CT molecular complexity index is 460. The second kappa shape index (κ2) is 6.10. The zero-order valence-corrected chi connectivity index (χ0v) is 12.5. The predicted molar refractivity (Wildman–Crippen MR) is 78.5 cm³/mol. The number of rotatable bonds is 4. The van der Waals surface area contributed by atoms with Gasteiger partial charge >= 0.3 is 0 Å². The Morgan fingerprint density at radius 1 is 1.25 bits per heavy atom. The summed E-state index contributed by atoms with van der Waals surface area (Å²) in [6.45, 7) is 3.64. The average Bonchev–Trinajstić information content (AvgIpc) is 3.11. The Morgan fingerprint density at radius 3 is 2.75 bits per heavy atom. The van der Waals surface area contributed by atoms with Gasteiger partial charge in [0.15, 0.2) is 0 Å². The van der Waals surface area contributed by atoms with Crippen LogP contribution in [0.5, 0.6) is 0 Å². The van der Waals surface area contributed by atoms with Crippen molar-refractivity contribution in [1.82, 2.24) is 15.0 Å². The van der Waals surface area contributed by atoms with Gasteiger partial charge in [-0.25, -0.2) is 0 Å². The molecule has 1 aromatic heterocycles. The molecule has 20 heavy (non-hydrogen) atoms. The van der Waals surface area contributed by atoms with Crippen molar-refractivity contribution in [3.8, 4) is 0 Å². The van der Waals surface area contributed by atoms with Crippen LogP contribution >= 0.6 is 11.6 Å². The van der Waals surface area contributed by atoms with Crippen molar-refractivity contribution >= 4 is 23.5 Å². The van der Waals surface area contributed by atoms with E-state index >= 15 is 0 Å². The van der Waals surface area contributed by atoms with Gasteiger partial charge in [-0.2, -0.15) is 15.0 Å². The largest absolute Gasteiger partial charge is 0.376 e. The number of halogens is 1. The summed E-state index contributed by atoms with van der Waals surface area (Å²) >= 11 is 6.04. The summed E-state index contributed by atoms with van der Waals surface area (Å²) in [6.07, 6.45) is 4.87. The van der Waals surface area contributed by atoms with Crippen molar-refractivity contribution in [1.29, 1.82) is 0 Å². The van der Waals surface area contributed by atoms with E-state index < -0.39 is 0 Å². The maximum Gasteiger partial charge on any atom is 0.231 e. The molecule has 3 heterocycles. The van der Waals surface area contributed by atoms with E-state index in [1.165, 1.54) is 12.8 Å². The SMILES string of the molecule is CN(CC1CCCO1)c1nc(Cl)nc(N2CCCC2)n1. The van der Waals surface area contributed by atoms with Crippen molar-refractivity contribution in [3.05, 3.63) is 5.28 Å². The molecule has 3 rings (SSSR count). The molecule has 2 aliphatic heterocycles. The minimum Gasteiger partial charge on any atom is -0.376 e. The van der Waals surface area contributed by atoms with Crippen LogP contribution in [0.4, 0.5) is 11.9 Å². The molecule has 0 saturated carbocycles. The van der Waals surface area contributed by atoms with E-state index in [4.69, 9.17) is 16.3 Å². The van der Waals surface area contributed by atoms with Crippen LogP contribution < -0.4 is 9.80 Å². The number of hydrogen-bond acceptors (Lipinski definition) is 6. The van der Waals surface area contributed by atoms with Crippen LogP contribution in [-0.2, 0) is 4.74 Å². The van der Waals surface area contributed by atoms with Crippen molar-refractivity contribution in [2.24, 2.45) is 0 Å². The normalized spacial score (nSPS) is 22.5. The Kier molecular flexibility index (Phi) is 4.21. The Balaban J connectivity index is 1.74. The molecule has 0 amide bonds. The molecule has 0 spiro atoms. The fraction of sp³-hybridized carbons (Fsp3) is 0.769. The van der Waals surface area contributed by atoms with Gasteiger partial charge in [-0.05, 0) is 37.3 Å². The van der Waals surface area contributed by atoms with Gasteiger partial charge in [-0.15, -0.1) is 0 Å². The maximum atomic E-state index is 6.04. The van der Waals surface area contributed by atoms with Crippen LogP contribution in [-0.4, -0.2) is 54.3 Å². The number of aromatic nitrogens is 3. The van der Waals surface area contributed by atoms with E-state index in [0.717, 1.165) is 39.1 Å². The monoisotopic (exact) mass is 297 g/mol. The quantitative estimate of drug-likeness (QED) is 0.844. The first kappa shape index (κ1) is 13.8. The molecule has 0 aliphatic carbocycles. The van der Waals surface area contributed by atoms with Crippen LogP contribution in [0.3, 0.4) is 0 Å². The summed E-state index contributed by atoms with van der Waals surface area (Å²) in [7, 11) is 1.97. The molecule has 0 N–H and O–H groups in total. The molecule has 7 heteroatoms. The van der Waals surface area contributed by atoms with Crippen molar-refractivity contribution in [2.45, 2.75) is 31.8 Å². The van der Waals surface area contributed by atoms with Gasteiger partial charge in [-0.1, -0.05) is 0 Å². The topological polar surface area (TPSA) is 54.4 Å². The van der Waals surface area contributed by atoms with Gasteiger partial charge in [0.1, 0.15) is 0 Å². The van der Waals surface area contributed by atoms with E-state index in [0.29, 0.717) is 11.9 Å². The van der Waals surface area contributed by atoms with E-state index in [2.05, 4.69) is 19.9 Å². The molecule has 1 unspecified atom stereocenters. The van der Waals surface area contributed by atoms with Crippen molar-refractivity contribution in [3.63, 3.8) is 0 Å². The molecule has 6 nitrogen and oxygen atoms in total. The summed E-state index contributed by atoms with van der Waals surface area (Å²) in [5.41, 5.74) is 0. The van der Waals surface area contributed by atoms with Crippen LogP contribution in [0.25, 0.3) is 0 Å². The second-order valence-corrected chi connectivity index (χ2v) is 5.75. The van der Waals surface area contributed by atoms with Crippen LogP contribution in [0, 0.1) is 0 Å². The van der Waals surface area contributed by atoms with Crippen LogP contribution in [0.15, 0.2) is 0 Å². The summed E-state index contributed by atoms with van der Waals surface area (Å²) in [6, 6.07) is 0. The lowest BCUT2D eigenvalue weighted by Crippen LogP contribution is -2.31. The fourth-order valence-electron chi connectivity index (χ4n) is 2.73. The highest BCUT2D eigenvalue weighted by atomic mass is 35.5. The molecule has 2 saturated heterocycles. The third-order valence-electron chi connectivity index (χ3n) is 3.82. The second-order valence-electron chi connectivity index (χ2n) is 5.41. The number of ether oxygens (including phenoxy) is 1. The molecule has 0 radical (unpaired) electrons. The van der Waals surface area contributed by atoms with Gasteiger partial charge in [-0.3, -0.25) is 0 Å². The third kappa shape index (κ3) is 3.12. The van der Waals surface area contributed by atoms with E-state index in [1.54, 1.807) is 0 Å². The number of likely N-dealkylation sites (N-methyl/N-ethyl adjacent to an activating group) is 1. The lowest BCUT2D eigenvalue weighted by molar-refractivity contribution is 0.116. The van der Waals surface area contributed by atoms with Gasteiger partial charge in [0.05, 0.1) is 6.10 Å². The molecule has 110 valence electrons. The molecule has 0 bridgehead atoms. The first-order valence-corrected chi connectivity index (χ1v) is 7.59. The Labute approximate surface area is 124 Å². The highest BCUT2D eigenvalue weighted by Gasteiger charge is 2.21. The third-order valence-corrected chi connectivity index (χ3v) is 3.99. The van der Waals surface area contributed by atoms with Crippen molar-refractivity contribution in [2.75, 3.05) is 43.1 Å². The van der Waals surface area contributed by atoms with E-state index in [-0.39, 0.29) is 11.4 Å². The van der Waals surface area contributed by atoms with E-state index in [9.17, 15) is 0 Å². The maximum absolute atomic E-state index is 6.04. The summed E-state index contributed by atoms with van der Waals surface area (Å²) in [5.74, 6) is 1.32. The number of nitrogens with zero attached hydrogens (tertiary/aromatic N) is 5. The highest BCUT2D eigenvalue weighted by Crippen LogP contribution is 2.21. The first-order valence-electron chi connectivity index (χ1n) is 7.21. The zero-order valence-electron chi connectivity index (χ0n) is 11.8. The molecule has 2 aliphatic rings. The summed E-state index contributed by atoms with van der Waals surface area (Å²) in [5, 5.41) is 0.260. The number of anilines is 2. The van der Waals surface area contributed by atoms with Crippen molar-refractivity contribution < 1.29 is 4.74 Å². The van der Waals surface area contributed by atoms with Gasteiger partial charge in [0, 0.05) is 33.3 Å². The van der Waals surface area contributed by atoms with E-state index in [1.807, 2.05) is 11.9 Å². The summed E-state index contributed by atoms with van der Waals surface area (Å²) in [4.78, 5) is 17.2. The Morgan fingerprint density at radius 2 is 2.05 bits per heavy atom. The molecule has 0 aromatic carbocycles. The Hall–Kier alpha value is -1.14. The van der Waals surface area contributed by atoms with Gasteiger partial charge in [0.25, 0.3) is 0 Å². The molecular formula is C13H20ClN5O. The predicted octanol–water partition coefficient (Wildman–Crippen LogP) is 1.74. The summed E-state index contributed by atoms with van der Waals surface area (Å²) < 4.78 is 5.65. The number of hydrogen-bond donors (Lipinski definition) is 0. The zero-order chi connectivity index (χ0) is 13.9. The van der Waals surface area contributed by atoms with Gasteiger partial charge in [0.2, 0.25) is 17.2 Å². The minimum absolute atomic E-state index is 0.260. The minimum atomic E-state index is 0.260. The smallest absolute Gasteiger partial charge is 0.231 e. The molecule has 2 fully saturated rings. The van der Waals surface area contributed by atoms with Gasteiger partial charge < -0.3 is 14.5 Å². The standard InChI is InChI=1S/C13H20ClN5O/c1-18(9-10-5-4-8-20-10)12-15-11(14)16-13(17-12)19-6-2-3-7-19/h10H,2-9H2,1H3. The molecule has 1 aromatic rings. The lowest BCUT2D eigenvalue weighted by atomic mass is 10.2.